The molecular weight excluding hydrogens is 338 g/mol. The van der Waals surface area contributed by atoms with Crippen molar-refractivity contribution in [3.8, 4) is 0 Å². The molecule has 0 saturated heterocycles. The van der Waals surface area contributed by atoms with Gasteiger partial charge in [-0.15, -0.1) is 0 Å². The predicted molar refractivity (Wildman–Crippen MR) is 84.6 cm³/mol. The van der Waals surface area contributed by atoms with Gasteiger partial charge in [0.05, 0.1) is 11.6 Å². The molecule has 0 aliphatic carbocycles. The molecule has 0 bridgehead atoms. The van der Waals surface area contributed by atoms with E-state index in [2.05, 4.69) is 38.9 Å². The molecule has 0 radical (unpaired) electrons. The fourth-order valence-corrected chi connectivity index (χ4v) is 3.24. The van der Waals surface area contributed by atoms with Crippen LogP contribution in [0.1, 0.15) is 30.0 Å². The lowest BCUT2D eigenvalue weighted by Crippen LogP contribution is -2.07. The molecule has 0 amide bonds. The topological polar surface area (TPSA) is 46.8 Å². The second-order valence-corrected chi connectivity index (χ2v) is 6.17. The van der Waals surface area contributed by atoms with E-state index < -0.39 is 0 Å². The number of H-pyrrole nitrogens is 1. The van der Waals surface area contributed by atoms with E-state index in [1.165, 1.54) is 0 Å². The van der Waals surface area contributed by atoms with Crippen LogP contribution in [0, 0.1) is 18.6 Å². The van der Waals surface area contributed by atoms with Crippen LogP contribution in [0.5, 0.6) is 0 Å². The smallest absolute Gasteiger partial charge is 0.179 e. The molecule has 0 aliphatic rings. The zero-order valence-corrected chi connectivity index (χ0v) is 13.8. The SMILES string of the molecule is Cc1cc(C(C)n2c(=S)[nH]c3cc(Br)cnc32)c(C)o1. The van der Waals surface area contributed by atoms with E-state index in [9.17, 15) is 0 Å². The van der Waals surface area contributed by atoms with E-state index in [4.69, 9.17) is 16.6 Å². The fraction of sp³-hybridized carbons (Fsp3) is 0.286. The first-order valence-corrected chi connectivity index (χ1v) is 7.50. The van der Waals surface area contributed by atoms with Crippen molar-refractivity contribution in [1.29, 1.82) is 0 Å². The minimum atomic E-state index is 0.0716. The molecule has 20 heavy (non-hydrogen) atoms. The maximum absolute atomic E-state index is 5.62. The van der Waals surface area contributed by atoms with Gasteiger partial charge in [-0.2, -0.15) is 0 Å². The number of fused-ring (bicyclic) bond motifs is 1. The van der Waals surface area contributed by atoms with Crippen molar-refractivity contribution < 1.29 is 4.42 Å². The summed E-state index contributed by atoms with van der Waals surface area (Å²) >= 11 is 8.87. The van der Waals surface area contributed by atoms with Crippen molar-refractivity contribution >= 4 is 39.3 Å². The van der Waals surface area contributed by atoms with E-state index in [0.29, 0.717) is 4.77 Å². The summed E-state index contributed by atoms with van der Waals surface area (Å²) in [4.78, 5) is 7.67. The third-order valence-corrected chi connectivity index (χ3v) is 4.17. The summed E-state index contributed by atoms with van der Waals surface area (Å²) in [7, 11) is 0. The van der Waals surface area contributed by atoms with Crippen molar-refractivity contribution in [2.75, 3.05) is 0 Å². The third-order valence-electron chi connectivity index (χ3n) is 3.44. The van der Waals surface area contributed by atoms with Crippen LogP contribution in [0.4, 0.5) is 0 Å². The van der Waals surface area contributed by atoms with Gasteiger partial charge in [-0.05, 0) is 61.1 Å². The zero-order valence-electron chi connectivity index (χ0n) is 11.4. The van der Waals surface area contributed by atoms with Crippen molar-refractivity contribution in [2.45, 2.75) is 26.8 Å². The zero-order chi connectivity index (χ0) is 14.4. The van der Waals surface area contributed by atoms with Gasteiger partial charge in [-0.1, -0.05) is 0 Å². The summed E-state index contributed by atoms with van der Waals surface area (Å²) in [5, 5.41) is 0. The highest BCUT2D eigenvalue weighted by molar-refractivity contribution is 9.10. The molecule has 0 spiro atoms. The van der Waals surface area contributed by atoms with Crippen LogP contribution < -0.4 is 0 Å². The van der Waals surface area contributed by atoms with Gasteiger partial charge in [0.2, 0.25) is 0 Å². The molecule has 104 valence electrons. The Labute approximate surface area is 130 Å². The van der Waals surface area contributed by atoms with Gasteiger partial charge in [-0.25, -0.2) is 4.98 Å². The Morgan fingerprint density at radius 2 is 2.15 bits per heavy atom. The Kier molecular flexibility index (Phi) is 3.30. The number of aromatic amines is 1. The highest BCUT2D eigenvalue weighted by Crippen LogP contribution is 2.28. The van der Waals surface area contributed by atoms with E-state index in [1.807, 2.05) is 24.5 Å². The van der Waals surface area contributed by atoms with Gasteiger partial charge >= 0.3 is 0 Å². The number of pyridine rings is 1. The molecule has 1 atom stereocenters. The first kappa shape index (κ1) is 13.6. The molecule has 3 rings (SSSR count). The van der Waals surface area contributed by atoms with E-state index >= 15 is 0 Å². The molecule has 3 aromatic rings. The minimum absolute atomic E-state index is 0.0716. The first-order chi connectivity index (χ1) is 9.47. The second-order valence-electron chi connectivity index (χ2n) is 4.87. The Morgan fingerprint density at radius 1 is 1.40 bits per heavy atom. The molecule has 1 unspecified atom stereocenters. The van der Waals surface area contributed by atoms with Crippen molar-refractivity contribution in [1.82, 2.24) is 14.5 Å². The molecular formula is C14H14BrN3OS. The van der Waals surface area contributed by atoms with E-state index in [1.54, 1.807) is 6.20 Å². The van der Waals surface area contributed by atoms with Crippen molar-refractivity contribution in [2.24, 2.45) is 0 Å². The maximum Gasteiger partial charge on any atom is 0.179 e. The van der Waals surface area contributed by atoms with Gasteiger partial charge in [-0.3, -0.25) is 4.57 Å². The highest BCUT2D eigenvalue weighted by atomic mass is 79.9. The average molecular weight is 352 g/mol. The maximum atomic E-state index is 5.62. The Morgan fingerprint density at radius 3 is 2.80 bits per heavy atom. The first-order valence-electron chi connectivity index (χ1n) is 6.30. The molecule has 3 heterocycles. The fourth-order valence-electron chi connectivity index (χ4n) is 2.55. The van der Waals surface area contributed by atoms with Crippen LogP contribution in [-0.4, -0.2) is 14.5 Å². The summed E-state index contributed by atoms with van der Waals surface area (Å²) < 4.78 is 9.23. The number of furan rings is 1. The number of aryl methyl sites for hydroxylation is 2. The molecule has 3 aromatic heterocycles. The average Bonchev–Trinajstić information content (AvgIpc) is 2.87. The number of nitrogens with one attached hydrogen (secondary N) is 1. The number of hydrogen-bond acceptors (Lipinski definition) is 3. The van der Waals surface area contributed by atoms with E-state index in [0.717, 1.165) is 32.7 Å². The monoisotopic (exact) mass is 351 g/mol. The third kappa shape index (κ3) is 2.13. The molecule has 0 saturated carbocycles. The quantitative estimate of drug-likeness (QED) is 0.682. The number of rotatable bonds is 2. The van der Waals surface area contributed by atoms with Crippen LogP contribution in [0.2, 0.25) is 0 Å². The van der Waals surface area contributed by atoms with Gasteiger partial charge in [0.15, 0.2) is 10.4 Å². The number of hydrogen-bond donors (Lipinski definition) is 1. The number of aromatic nitrogens is 3. The van der Waals surface area contributed by atoms with Crippen LogP contribution >= 0.6 is 28.1 Å². The predicted octanol–water partition coefficient (Wildman–Crippen LogP) is 4.68. The van der Waals surface area contributed by atoms with Crippen LogP contribution in [0.25, 0.3) is 11.2 Å². The Bertz CT molecular complexity index is 846. The van der Waals surface area contributed by atoms with E-state index in [-0.39, 0.29) is 6.04 Å². The van der Waals surface area contributed by atoms with Gasteiger partial charge in [0.1, 0.15) is 11.5 Å². The number of imidazole rings is 1. The highest BCUT2D eigenvalue weighted by Gasteiger charge is 2.18. The van der Waals surface area contributed by atoms with Gasteiger partial charge in [0, 0.05) is 16.2 Å². The number of nitrogens with zero attached hydrogens (tertiary/aromatic N) is 2. The Balaban J connectivity index is 2.21. The minimum Gasteiger partial charge on any atom is -0.466 e. The molecule has 0 fully saturated rings. The lowest BCUT2D eigenvalue weighted by Gasteiger charge is -2.13. The van der Waals surface area contributed by atoms with Crippen LogP contribution in [0.3, 0.4) is 0 Å². The van der Waals surface area contributed by atoms with Gasteiger partial charge < -0.3 is 9.40 Å². The van der Waals surface area contributed by atoms with Crippen molar-refractivity contribution in [3.63, 3.8) is 0 Å². The van der Waals surface area contributed by atoms with Crippen LogP contribution in [0.15, 0.2) is 27.2 Å². The lowest BCUT2D eigenvalue weighted by molar-refractivity contribution is 0.494. The molecule has 4 nitrogen and oxygen atoms in total. The molecule has 0 aromatic carbocycles. The second kappa shape index (κ2) is 4.86. The number of halogens is 1. The summed E-state index contributed by atoms with van der Waals surface area (Å²) in [5.41, 5.74) is 2.90. The summed E-state index contributed by atoms with van der Waals surface area (Å²) in [6, 6.07) is 4.11. The summed E-state index contributed by atoms with van der Waals surface area (Å²) in [6.07, 6.45) is 1.78. The Hall–Kier alpha value is -1.40. The van der Waals surface area contributed by atoms with Crippen molar-refractivity contribution in [3.05, 3.63) is 44.7 Å². The molecule has 0 aliphatic heterocycles. The van der Waals surface area contributed by atoms with Gasteiger partial charge in [0.25, 0.3) is 0 Å². The summed E-state index contributed by atoms with van der Waals surface area (Å²) in [6.45, 7) is 6.03. The summed E-state index contributed by atoms with van der Waals surface area (Å²) in [5.74, 6) is 1.83. The normalized spacial score (nSPS) is 13.0. The largest absolute Gasteiger partial charge is 0.466 e. The van der Waals surface area contributed by atoms with Crippen LogP contribution in [-0.2, 0) is 0 Å². The molecule has 1 N–H and O–H groups in total. The lowest BCUT2D eigenvalue weighted by atomic mass is 10.1. The standard InChI is InChI=1S/C14H14BrN3OS/c1-7-4-11(9(3)19-7)8(2)18-13-12(17-14(18)20)5-10(15)6-16-13/h4-6,8H,1-3H3,(H,17,20). The molecule has 6 heteroatoms.